The summed E-state index contributed by atoms with van der Waals surface area (Å²) in [6.45, 7) is 0.860. The number of hydrogen-bond donors (Lipinski definition) is 3. The Morgan fingerprint density at radius 1 is 1.03 bits per heavy atom. The summed E-state index contributed by atoms with van der Waals surface area (Å²) in [5.74, 6) is 0.240. The van der Waals surface area contributed by atoms with Gasteiger partial charge in [-0.1, -0.05) is 43.5 Å². The number of rotatable bonds is 10. The molecule has 1 atom stereocenters. The molecule has 3 amide bonds. The second-order valence-corrected chi connectivity index (χ2v) is 8.31. The van der Waals surface area contributed by atoms with E-state index >= 15 is 0 Å². The molecular formula is C25H33N3O6. The van der Waals surface area contributed by atoms with Crippen molar-refractivity contribution in [3.05, 3.63) is 47.7 Å². The number of benzene rings is 1. The number of likely N-dealkylation sites (N-methyl/N-ethyl adjacent to an activating group) is 1. The molecule has 0 aliphatic heterocycles. The molecule has 1 fully saturated rings. The third-order valence-electron chi connectivity index (χ3n) is 5.96. The Labute approximate surface area is 199 Å². The summed E-state index contributed by atoms with van der Waals surface area (Å²) >= 11 is 0. The number of carbonyl (C=O) groups is 3. The maximum atomic E-state index is 12.8. The standard InChI is InChI=1S/C25H33N3O6/c1-26-24(30)22(19-6-4-3-5-7-19)28-23(29)21-13-12-20(34-21)18-10-8-17(9-11-18)16-27-25(31)33-15-14-32-2/h8-13,19,22H,3-7,14-16H2,1-2H3,(H,26,30)(H,27,31)(H,28,29)/t22-/m0/s1. The topological polar surface area (TPSA) is 119 Å². The molecule has 2 aromatic rings. The van der Waals surface area contributed by atoms with Gasteiger partial charge in [0.15, 0.2) is 5.76 Å². The monoisotopic (exact) mass is 471 g/mol. The second-order valence-electron chi connectivity index (χ2n) is 8.31. The molecule has 9 heteroatoms. The highest BCUT2D eigenvalue weighted by Gasteiger charge is 2.31. The van der Waals surface area contributed by atoms with Crippen LogP contribution in [0.3, 0.4) is 0 Å². The van der Waals surface area contributed by atoms with Crippen LogP contribution in [0.4, 0.5) is 4.79 Å². The van der Waals surface area contributed by atoms with E-state index < -0.39 is 18.0 Å². The van der Waals surface area contributed by atoms with Crippen LogP contribution in [0.2, 0.25) is 0 Å². The van der Waals surface area contributed by atoms with Crippen molar-refractivity contribution in [3.63, 3.8) is 0 Å². The zero-order valence-corrected chi connectivity index (χ0v) is 19.7. The van der Waals surface area contributed by atoms with Gasteiger partial charge in [0, 0.05) is 26.3 Å². The maximum absolute atomic E-state index is 12.8. The molecule has 9 nitrogen and oxygen atoms in total. The van der Waals surface area contributed by atoms with E-state index in [0.29, 0.717) is 18.9 Å². The van der Waals surface area contributed by atoms with Gasteiger partial charge in [0.2, 0.25) is 5.91 Å². The fraction of sp³-hybridized carbons (Fsp3) is 0.480. The zero-order chi connectivity index (χ0) is 24.3. The van der Waals surface area contributed by atoms with Crippen LogP contribution >= 0.6 is 0 Å². The molecule has 1 aliphatic rings. The number of nitrogens with one attached hydrogen (secondary N) is 3. The van der Waals surface area contributed by atoms with Crippen LogP contribution in [0.25, 0.3) is 11.3 Å². The van der Waals surface area contributed by atoms with Gasteiger partial charge in [0.1, 0.15) is 18.4 Å². The van der Waals surface area contributed by atoms with Gasteiger partial charge in [0.05, 0.1) is 6.61 Å². The quantitative estimate of drug-likeness (QED) is 0.458. The summed E-state index contributed by atoms with van der Waals surface area (Å²) in [4.78, 5) is 36.8. The van der Waals surface area contributed by atoms with Gasteiger partial charge in [-0.05, 0) is 36.5 Å². The van der Waals surface area contributed by atoms with E-state index in [-0.39, 0.29) is 24.2 Å². The molecule has 1 saturated carbocycles. The summed E-state index contributed by atoms with van der Waals surface area (Å²) < 4.78 is 15.6. The fourth-order valence-electron chi connectivity index (χ4n) is 4.08. The number of hydrogen-bond acceptors (Lipinski definition) is 6. The van der Waals surface area contributed by atoms with Gasteiger partial charge < -0.3 is 29.8 Å². The lowest BCUT2D eigenvalue weighted by Gasteiger charge is -2.29. The van der Waals surface area contributed by atoms with Crippen molar-refractivity contribution in [2.75, 3.05) is 27.4 Å². The highest BCUT2D eigenvalue weighted by Crippen LogP contribution is 2.27. The minimum absolute atomic E-state index is 0.130. The second kappa shape index (κ2) is 12.8. The van der Waals surface area contributed by atoms with Gasteiger partial charge in [-0.15, -0.1) is 0 Å². The molecule has 0 radical (unpaired) electrons. The molecule has 0 unspecified atom stereocenters. The zero-order valence-electron chi connectivity index (χ0n) is 19.7. The van der Waals surface area contributed by atoms with Crippen LogP contribution in [0.5, 0.6) is 0 Å². The molecule has 1 aliphatic carbocycles. The van der Waals surface area contributed by atoms with Gasteiger partial charge >= 0.3 is 6.09 Å². The van der Waals surface area contributed by atoms with E-state index in [1.54, 1.807) is 19.2 Å². The number of methoxy groups -OCH3 is 1. The molecule has 1 aromatic carbocycles. The van der Waals surface area contributed by atoms with Gasteiger partial charge in [-0.3, -0.25) is 9.59 Å². The number of alkyl carbamates (subject to hydrolysis) is 1. The van der Waals surface area contributed by atoms with E-state index in [4.69, 9.17) is 13.9 Å². The smallest absolute Gasteiger partial charge is 0.407 e. The van der Waals surface area contributed by atoms with Crippen molar-refractivity contribution in [3.8, 4) is 11.3 Å². The van der Waals surface area contributed by atoms with Gasteiger partial charge in [-0.25, -0.2) is 4.79 Å². The summed E-state index contributed by atoms with van der Waals surface area (Å²) in [6.07, 6.45) is 4.64. The average molecular weight is 472 g/mol. The number of ether oxygens (including phenoxy) is 2. The Balaban J connectivity index is 1.57. The van der Waals surface area contributed by atoms with Crippen molar-refractivity contribution in [2.24, 2.45) is 5.92 Å². The Hall–Kier alpha value is -3.33. The SMILES string of the molecule is CNC(=O)[C@@H](NC(=O)c1ccc(-c2ccc(CNC(=O)OCCOC)cc2)o1)C1CCCCC1. The molecule has 0 bridgehead atoms. The normalized spacial score (nSPS) is 14.8. The van der Waals surface area contributed by atoms with E-state index in [2.05, 4.69) is 16.0 Å². The molecule has 1 heterocycles. The van der Waals surface area contributed by atoms with E-state index in [1.165, 1.54) is 13.5 Å². The van der Waals surface area contributed by atoms with E-state index in [0.717, 1.165) is 36.8 Å². The van der Waals surface area contributed by atoms with Crippen LogP contribution in [-0.2, 0) is 20.8 Å². The lowest BCUT2D eigenvalue weighted by atomic mass is 9.83. The molecule has 1 aromatic heterocycles. The lowest BCUT2D eigenvalue weighted by molar-refractivity contribution is -0.124. The predicted octanol–water partition coefficient (Wildman–Crippen LogP) is 3.24. The first-order valence-electron chi connectivity index (χ1n) is 11.6. The van der Waals surface area contributed by atoms with Crippen LogP contribution in [0.1, 0.15) is 48.2 Å². The molecule has 0 saturated heterocycles. The molecule has 3 N–H and O–H groups in total. The molecular weight excluding hydrogens is 438 g/mol. The number of furan rings is 1. The third kappa shape index (κ3) is 7.08. The molecule has 34 heavy (non-hydrogen) atoms. The van der Waals surface area contributed by atoms with Crippen LogP contribution in [0.15, 0.2) is 40.8 Å². The summed E-state index contributed by atoms with van der Waals surface area (Å²) in [5, 5.41) is 8.20. The highest BCUT2D eigenvalue weighted by molar-refractivity contribution is 5.96. The van der Waals surface area contributed by atoms with Gasteiger partial charge in [0.25, 0.3) is 5.91 Å². The Morgan fingerprint density at radius 2 is 1.76 bits per heavy atom. The van der Waals surface area contributed by atoms with E-state index in [1.807, 2.05) is 24.3 Å². The first-order chi connectivity index (χ1) is 16.5. The Bertz CT molecular complexity index is 950. The Kier molecular flexibility index (Phi) is 9.51. The third-order valence-corrected chi connectivity index (χ3v) is 5.96. The Morgan fingerprint density at radius 3 is 2.44 bits per heavy atom. The van der Waals surface area contributed by atoms with Crippen LogP contribution in [-0.4, -0.2) is 51.3 Å². The highest BCUT2D eigenvalue weighted by atomic mass is 16.6. The summed E-state index contributed by atoms with van der Waals surface area (Å²) in [6, 6.07) is 10.2. The maximum Gasteiger partial charge on any atom is 0.407 e. The lowest BCUT2D eigenvalue weighted by Crippen LogP contribution is -2.50. The minimum Gasteiger partial charge on any atom is -0.451 e. The summed E-state index contributed by atoms with van der Waals surface area (Å²) in [5.41, 5.74) is 1.68. The first-order valence-corrected chi connectivity index (χ1v) is 11.6. The van der Waals surface area contributed by atoms with Crippen LogP contribution < -0.4 is 16.0 Å². The number of amides is 3. The number of carbonyl (C=O) groups excluding carboxylic acids is 3. The summed E-state index contributed by atoms with van der Waals surface area (Å²) in [7, 11) is 3.12. The minimum atomic E-state index is -0.570. The molecule has 3 rings (SSSR count). The van der Waals surface area contributed by atoms with Crippen molar-refractivity contribution >= 4 is 17.9 Å². The first kappa shape index (κ1) is 25.3. The van der Waals surface area contributed by atoms with Crippen molar-refractivity contribution in [1.82, 2.24) is 16.0 Å². The predicted molar refractivity (Wildman–Crippen MR) is 126 cm³/mol. The van der Waals surface area contributed by atoms with Crippen molar-refractivity contribution in [2.45, 2.75) is 44.7 Å². The molecule has 184 valence electrons. The van der Waals surface area contributed by atoms with E-state index in [9.17, 15) is 14.4 Å². The van der Waals surface area contributed by atoms with Gasteiger partial charge in [-0.2, -0.15) is 0 Å². The van der Waals surface area contributed by atoms with Crippen molar-refractivity contribution in [1.29, 1.82) is 0 Å². The van der Waals surface area contributed by atoms with Crippen LogP contribution in [0, 0.1) is 5.92 Å². The largest absolute Gasteiger partial charge is 0.451 e. The van der Waals surface area contributed by atoms with Crippen molar-refractivity contribution < 1.29 is 28.3 Å². The molecule has 0 spiro atoms. The average Bonchev–Trinajstić information content (AvgIpc) is 3.37. The fourth-order valence-corrected chi connectivity index (χ4v) is 4.08.